The summed E-state index contributed by atoms with van der Waals surface area (Å²) in [5.41, 5.74) is 3.46. The second kappa shape index (κ2) is 4.99. The average molecular weight is 258 g/mol. The van der Waals surface area contributed by atoms with E-state index in [0.717, 1.165) is 42.9 Å². The lowest BCUT2D eigenvalue weighted by Gasteiger charge is -2.33. The highest BCUT2D eigenvalue weighted by molar-refractivity contribution is 5.90. The highest BCUT2D eigenvalue weighted by Crippen LogP contribution is 2.25. The smallest absolute Gasteiger partial charge is 0.239 e. The molecule has 6 nitrogen and oxygen atoms in total. The van der Waals surface area contributed by atoms with Crippen LogP contribution in [0.4, 0.5) is 11.8 Å². The summed E-state index contributed by atoms with van der Waals surface area (Å²) >= 11 is 0. The van der Waals surface area contributed by atoms with Gasteiger partial charge in [0.05, 0.1) is 5.52 Å². The van der Waals surface area contributed by atoms with Gasteiger partial charge in [-0.1, -0.05) is 12.1 Å². The Labute approximate surface area is 112 Å². The Balaban J connectivity index is 2.05. The Kier molecular flexibility index (Phi) is 3.18. The number of rotatable bonds is 2. The van der Waals surface area contributed by atoms with Gasteiger partial charge in [0, 0.05) is 31.6 Å². The van der Waals surface area contributed by atoms with E-state index in [1.165, 1.54) is 0 Å². The molecule has 0 atom stereocenters. The fourth-order valence-electron chi connectivity index (χ4n) is 2.38. The third kappa shape index (κ3) is 2.32. The number of likely N-dealkylation sites (N-methyl/N-ethyl adjacent to an activating group) is 1. The van der Waals surface area contributed by atoms with Crippen molar-refractivity contribution in [2.45, 2.75) is 0 Å². The number of fused-ring (bicyclic) bond motifs is 1. The monoisotopic (exact) mass is 258 g/mol. The van der Waals surface area contributed by atoms with Crippen LogP contribution in [0.15, 0.2) is 24.3 Å². The van der Waals surface area contributed by atoms with Gasteiger partial charge in [0.25, 0.3) is 0 Å². The summed E-state index contributed by atoms with van der Waals surface area (Å²) in [5, 5.41) is 1.08. The maximum atomic E-state index is 5.46. The van der Waals surface area contributed by atoms with Crippen LogP contribution in [0.1, 0.15) is 0 Å². The molecule has 2 aromatic rings. The number of nitrogens with two attached hydrogens (primary N) is 1. The first kappa shape index (κ1) is 12.1. The first-order valence-corrected chi connectivity index (χ1v) is 6.45. The van der Waals surface area contributed by atoms with Crippen molar-refractivity contribution in [1.29, 1.82) is 0 Å². The molecule has 3 N–H and O–H groups in total. The molecule has 0 aliphatic carbocycles. The fraction of sp³-hybridized carbons (Fsp3) is 0.385. The van der Waals surface area contributed by atoms with Crippen molar-refractivity contribution in [3.63, 3.8) is 0 Å². The number of hydrogen-bond donors (Lipinski definition) is 2. The lowest BCUT2D eigenvalue weighted by molar-refractivity contribution is 0.312. The van der Waals surface area contributed by atoms with Crippen LogP contribution in [0.3, 0.4) is 0 Å². The van der Waals surface area contributed by atoms with Crippen molar-refractivity contribution in [3.05, 3.63) is 24.3 Å². The number of nitrogen functional groups attached to an aromatic ring is 1. The Bertz CT molecular complexity index is 576. The number of piperazine rings is 1. The third-order valence-corrected chi connectivity index (χ3v) is 3.52. The number of aromatic nitrogens is 2. The second-order valence-electron chi connectivity index (χ2n) is 4.82. The van der Waals surface area contributed by atoms with Gasteiger partial charge in [-0.2, -0.15) is 4.98 Å². The third-order valence-electron chi connectivity index (χ3n) is 3.52. The second-order valence-corrected chi connectivity index (χ2v) is 4.82. The molecule has 0 unspecified atom stereocenters. The minimum absolute atomic E-state index is 0.465. The Morgan fingerprint density at radius 3 is 2.58 bits per heavy atom. The van der Waals surface area contributed by atoms with Gasteiger partial charge < -0.3 is 9.80 Å². The van der Waals surface area contributed by atoms with Crippen LogP contribution < -0.4 is 16.2 Å². The van der Waals surface area contributed by atoms with Crippen LogP contribution in [0.25, 0.3) is 10.9 Å². The molecule has 0 radical (unpaired) electrons. The molecule has 0 saturated carbocycles. The molecule has 100 valence electrons. The molecule has 1 aromatic carbocycles. The lowest BCUT2D eigenvalue weighted by Crippen LogP contribution is -2.45. The van der Waals surface area contributed by atoms with Gasteiger partial charge in [-0.25, -0.2) is 10.8 Å². The predicted molar refractivity (Wildman–Crippen MR) is 77.1 cm³/mol. The first-order chi connectivity index (χ1) is 9.28. The summed E-state index contributed by atoms with van der Waals surface area (Å²) in [5.74, 6) is 6.89. The number of nitrogens with one attached hydrogen (secondary N) is 1. The largest absolute Gasteiger partial charge is 0.353 e. The van der Waals surface area contributed by atoms with E-state index >= 15 is 0 Å². The topological polar surface area (TPSA) is 70.3 Å². The van der Waals surface area contributed by atoms with E-state index in [4.69, 9.17) is 5.84 Å². The first-order valence-electron chi connectivity index (χ1n) is 6.45. The molecule has 0 amide bonds. The molecule has 1 saturated heterocycles. The number of hydrogen-bond acceptors (Lipinski definition) is 6. The molecule has 0 spiro atoms. The maximum Gasteiger partial charge on any atom is 0.239 e. The summed E-state index contributed by atoms with van der Waals surface area (Å²) in [6.45, 7) is 4.04. The Morgan fingerprint density at radius 1 is 1.11 bits per heavy atom. The number of para-hydroxylation sites is 1. The molecule has 1 fully saturated rings. The van der Waals surface area contributed by atoms with Crippen molar-refractivity contribution >= 4 is 22.7 Å². The Hall–Kier alpha value is -1.92. The molecule has 0 bridgehead atoms. The Morgan fingerprint density at radius 2 is 1.84 bits per heavy atom. The maximum absolute atomic E-state index is 5.46. The van der Waals surface area contributed by atoms with Gasteiger partial charge in [-0.05, 0) is 19.2 Å². The highest BCUT2D eigenvalue weighted by Gasteiger charge is 2.18. The van der Waals surface area contributed by atoms with E-state index in [9.17, 15) is 0 Å². The molecule has 3 rings (SSSR count). The number of nitrogens with zero attached hydrogens (tertiary/aromatic N) is 4. The van der Waals surface area contributed by atoms with Crippen LogP contribution >= 0.6 is 0 Å². The normalized spacial score (nSPS) is 16.8. The summed E-state index contributed by atoms with van der Waals surface area (Å²) in [4.78, 5) is 13.5. The lowest BCUT2D eigenvalue weighted by atomic mass is 10.2. The summed E-state index contributed by atoms with van der Waals surface area (Å²) in [6.07, 6.45) is 0. The van der Waals surface area contributed by atoms with Crippen LogP contribution in [0, 0.1) is 0 Å². The fourth-order valence-corrected chi connectivity index (χ4v) is 2.38. The van der Waals surface area contributed by atoms with Crippen LogP contribution in [-0.2, 0) is 0 Å². The number of benzene rings is 1. The van der Waals surface area contributed by atoms with Crippen molar-refractivity contribution in [2.75, 3.05) is 43.6 Å². The SMILES string of the molecule is CN1CCN(c2nc(NN)nc3ccccc23)CC1. The van der Waals surface area contributed by atoms with Gasteiger partial charge in [0.15, 0.2) is 0 Å². The van der Waals surface area contributed by atoms with E-state index < -0.39 is 0 Å². The minimum atomic E-state index is 0.465. The van der Waals surface area contributed by atoms with Gasteiger partial charge in [0.1, 0.15) is 5.82 Å². The van der Waals surface area contributed by atoms with Crippen molar-refractivity contribution in [3.8, 4) is 0 Å². The van der Waals surface area contributed by atoms with Crippen molar-refractivity contribution < 1.29 is 0 Å². The number of anilines is 2. The van der Waals surface area contributed by atoms with Gasteiger partial charge in [0.2, 0.25) is 5.95 Å². The van der Waals surface area contributed by atoms with E-state index in [-0.39, 0.29) is 0 Å². The van der Waals surface area contributed by atoms with E-state index in [0.29, 0.717) is 5.95 Å². The highest BCUT2D eigenvalue weighted by atomic mass is 15.3. The van der Waals surface area contributed by atoms with Crippen molar-refractivity contribution in [1.82, 2.24) is 14.9 Å². The van der Waals surface area contributed by atoms with Crippen molar-refractivity contribution in [2.24, 2.45) is 5.84 Å². The van der Waals surface area contributed by atoms with E-state index in [2.05, 4.69) is 38.3 Å². The number of hydrazine groups is 1. The van der Waals surface area contributed by atoms with Gasteiger partial charge >= 0.3 is 0 Å². The molecular formula is C13H18N6. The predicted octanol–water partition coefficient (Wildman–Crippen LogP) is 0.667. The van der Waals surface area contributed by atoms with Gasteiger partial charge in [-0.15, -0.1) is 0 Å². The zero-order valence-corrected chi connectivity index (χ0v) is 11.0. The minimum Gasteiger partial charge on any atom is -0.353 e. The summed E-state index contributed by atoms with van der Waals surface area (Å²) in [7, 11) is 2.14. The summed E-state index contributed by atoms with van der Waals surface area (Å²) in [6, 6.07) is 8.03. The molecule has 6 heteroatoms. The van der Waals surface area contributed by atoms with Crippen LogP contribution in [0.5, 0.6) is 0 Å². The molecule has 1 aromatic heterocycles. The molecular weight excluding hydrogens is 240 g/mol. The van der Waals surface area contributed by atoms with Crippen LogP contribution in [0.2, 0.25) is 0 Å². The molecule has 1 aliphatic heterocycles. The molecule has 2 heterocycles. The van der Waals surface area contributed by atoms with E-state index in [1.54, 1.807) is 0 Å². The van der Waals surface area contributed by atoms with Crippen LogP contribution in [-0.4, -0.2) is 48.1 Å². The van der Waals surface area contributed by atoms with Gasteiger partial charge in [-0.3, -0.25) is 5.43 Å². The summed E-state index contributed by atoms with van der Waals surface area (Å²) < 4.78 is 0. The molecule has 19 heavy (non-hydrogen) atoms. The quantitative estimate of drug-likeness (QED) is 0.609. The van der Waals surface area contributed by atoms with E-state index in [1.807, 2.05) is 18.2 Å². The molecule has 1 aliphatic rings. The average Bonchev–Trinajstić information content (AvgIpc) is 2.47. The zero-order chi connectivity index (χ0) is 13.2. The zero-order valence-electron chi connectivity index (χ0n) is 11.0. The standard InChI is InChI=1S/C13H18N6/c1-18-6-8-19(9-7-18)12-10-4-2-3-5-11(10)15-13(16-12)17-14/h2-5H,6-9,14H2,1H3,(H,15,16,17).